The lowest BCUT2D eigenvalue weighted by Crippen LogP contribution is -2.27. The van der Waals surface area contributed by atoms with Crippen LogP contribution in [0.2, 0.25) is 0 Å². The molecule has 0 radical (unpaired) electrons. The summed E-state index contributed by atoms with van der Waals surface area (Å²) in [5.74, 6) is 0.584. The van der Waals surface area contributed by atoms with E-state index in [9.17, 15) is 9.59 Å². The van der Waals surface area contributed by atoms with Crippen LogP contribution >= 0.6 is 11.8 Å². The monoisotopic (exact) mass is 346 g/mol. The highest BCUT2D eigenvalue weighted by Crippen LogP contribution is 2.25. The predicted molar refractivity (Wildman–Crippen MR) is 92.1 cm³/mol. The van der Waals surface area contributed by atoms with Crippen LogP contribution in [0.5, 0.6) is 0 Å². The van der Waals surface area contributed by atoms with Crippen LogP contribution in [0.4, 0.5) is 5.69 Å². The Kier molecular flexibility index (Phi) is 5.27. The van der Waals surface area contributed by atoms with Gasteiger partial charge in [0.15, 0.2) is 10.9 Å². The van der Waals surface area contributed by atoms with Gasteiger partial charge < -0.3 is 10.1 Å². The lowest BCUT2D eigenvalue weighted by atomic mass is 10.1. The molecule has 1 saturated heterocycles. The summed E-state index contributed by atoms with van der Waals surface area (Å²) in [6, 6.07) is 7.04. The Hall–Kier alpha value is -2.19. The first-order valence-electron chi connectivity index (χ1n) is 7.80. The Morgan fingerprint density at radius 2 is 2.25 bits per heavy atom. The highest BCUT2D eigenvalue weighted by Gasteiger charge is 2.24. The standard InChI is InChI=1S/C16H18N4O3S/c1-2-24-16-18-15(22)13(19-20-16)10-6-3-4-7-11(10)17-14(21)12-8-5-9-23-12/h3-4,6-7,12H,2,5,8-9H2,1H3,(H,17,21)(H,18,20,22)/t12-/m1/s1. The van der Waals surface area contributed by atoms with Gasteiger partial charge in [0.1, 0.15) is 6.10 Å². The van der Waals surface area contributed by atoms with E-state index in [2.05, 4.69) is 20.5 Å². The lowest BCUT2D eigenvalue weighted by molar-refractivity contribution is -0.124. The van der Waals surface area contributed by atoms with Crippen molar-refractivity contribution in [2.45, 2.75) is 31.0 Å². The molecule has 1 aliphatic rings. The molecule has 126 valence electrons. The molecule has 1 amide bonds. The number of hydrogen-bond acceptors (Lipinski definition) is 6. The largest absolute Gasteiger partial charge is 0.368 e. The number of H-pyrrole nitrogens is 1. The van der Waals surface area contributed by atoms with Gasteiger partial charge in [-0.05, 0) is 24.7 Å². The minimum atomic E-state index is -0.439. The number of para-hydroxylation sites is 1. The van der Waals surface area contributed by atoms with E-state index in [1.54, 1.807) is 24.3 Å². The number of amides is 1. The van der Waals surface area contributed by atoms with Gasteiger partial charge in [0.05, 0.1) is 5.69 Å². The number of rotatable bonds is 5. The number of aromatic nitrogens is 3. The zero-order chi connectivity index (χ0) is 16.9. The lowest BCUT2D eigenvalue weighted by Gasteiger charge is -2.13. The molecule has 2 N–H and O–H groups in total. The molecule has 1 aromatic heterocycles. The SMILES string of the molecule is CCSc1nnc(-c2ccccc2NC(=O)[C@H]2CCCO2)c(=O)[nH]1. The summed E-state index contributed by atoms with van der Waals surface area (Å²) in [6.07, 6.45) is 1.14. The van der Waals surface area contributed by atoms with Gasteiger partial charge in [-0.15, -0.1) is 10.2 Å². The van der Waals surface area contributed by atoms with E-state index in [0.29, 0.717) is 29.4 Å². The topological polar surface area (TPSA) is 97.0 Å². The average molecular weight is 346 g/mol. The fourth-order valence-corrected chi connectivity index (χ4v) is 3.03. The molecule has 3 rings (SSSR count). The first kappa shape index (κ1) is 16.7. The van der Waals surface area contributed by atoms with Crippen molar-refractivity contribution >= 4 is 23.4 Å². The summed E-state index contributed by atoms with van der Waals surface area (Å²) in [5.41, 5.74) is 0.901. The molecule has 1 fully saturated rings. The average Bonchev–Trinajstić information content (AvgIpc) is 3.11. The van der Waals surface area contributed by atoms with E-state index in [-0.39, 0.29) is 17.2 Å². The third-order valence-electron chi connectivity index (χ3n) is 3.62. The summed E-state index contributed by atoms with van der Waals surface area (Å²) in [6.45, 7) is 2.57. The molecule has 8 heteroatoms. The predicted octanol–water partition coefficient (Wildman–Crippen LogP) is 2.06. The zero-order valence-corrected chi connectivity index (χ0v) is 14.1. The molecule has 7 nitrogen and oxygen atoms in total. The zero-order valence-electron chi connectivity index (χ0n) is 13.2. The van der Waals surface area contributed by atoms with Crippen molar-refractivity contribution in [3.63, 3.8) is 0 Å². The number of thioether (sulfide) groups is 1. The molecule has 1 atom stereocenters. The first-order valence-corrected chi connectivity index (χ1v) is 8.79. The highest BCUT2D eigenvalue weighted by molar-refractivity contribution is 7.99. The highest BCUT2D eigenvalue weighted by atomic mass is 32.2. The van der Waals surface area contributed by atoms with E-state index in [0.717, 1.165) is 12.2 Å². The number of anilines is 1. The summed E-state index contributed by atoms with van der Waals surface area (Å²) in [5, 5.41) is 11.4. The number of benzene rings is 1. The third-order valence-corrected chi connectivity index (χ3v) is 4.37. The van der Waals surface area contributed by atoms with Crippen LogP contribution in [0.15, 0.2) is 34.2 Å². The van der Waals surface area contributed by atoms with Crippen molar-refractivity contribution in [3.8, 4) is 11.3 Å². The van der Waals surface area contributed by atoms with Crippen LogP contribution in [-0.4, -0.2) is 39.6 Å². The van der Waals surface area contributed by atoms with Crippen molar-refractivity contribution < 1.29 is 9.53 Å². The Morgan fingerprint density at radius 3 is 2.96 bits per heavy atom. The van der Waals surface area contributed by atoms with Gasteiger partial charge in [-0.2, -0.15) is 0 Å². The maximum absolute atomic E-state index is 12.3. The first-order chi connectivity index (χ1) is 11.7. The van der Waals surface area contributed by atoms with Crippen LogP contribution in [0, 0.1) is 0 Å². The van der Waals surface area contributed by atoms with Crippen molar-refractivity contribution in [3.05, 3.63) is 34.6 Å². The maximum atomic E-state index is 12.3. The number of hydrogen-bond donors (Lipinski definition) is 2. The molecule has 0 saturated carbocycles. The molecular formula is C16H18N4O3S. The summed E-state index contributed by atoms with van der Waals surface area (Å²) < 4.78 is 5.39. The fourth-order valence-electron chi connectivity index (χ4n) is 2.50. The number of nitrogens with zero attached hydrogens (tertiary/aromatic N) is 2. The molecule has 0 unspecified atom stereocenters. The molecule has 0 bridgehead atoms. The van der Waals surface area contributed by atoms with Crippen molar-refractivity contribution in [2.24, 2.45) is 0 Å². The Bertz CT molecular complexity index is 787. The molecule has 24 heavy (non-hydrogen) atoms. The van der Waals surface area contributed by atoms with Gasteiger partial charge in [-0.1, -0.05) is 36.9 Å². The molecular weight excluding hydrogens is 328 g/mol. The Labute approximate surface area is 143 Å². The Balaban J connectivity index is 1.89. The van der Waals surface area contributed by atoms with E-state index in [4.69, 9.17) is 4.74 Å². The second-order valence-corrected chi connectivity index (χ2v) is 6.53. The second-order valence-electron chi connectivity index (χ2n) is 5.28. The van der Waals surface area contributed by atoms with Crippen LogP contribution < -0.4 is 10.9 Å². The van der Waals surface area contributed by atoms with Crippen molar-refractivity contribution in [1.82, 2.24) is 15.2 Å². The van der Waals surface area contributed by atoms with Crippen LogP contribution in [0.3, 0.4) is 0 Å². The second kappa shape index (κ2) is 7.59. The number of ether oxygens (including phenoxy) is 1. The van der Waals surface area contributed by atoms with Crippen molar-refractivity contribution in [2.75, 3.05) is 17.7 Å². The quantitative estimate of drug-likeness (QED) is 0.805. The van der Waals surface area contributed by atoms with Gasteiger partial charge in [0, 0.05) is 12.2 Å². The summed E-state index contributed by atoms with van der Waals surface area (Å²) >= 11 is 1.41. The molecule has 1 aliphatic heterocycles. The van der Waals surface area contributed by atoms with Crippen molar-refractivity contribution in [1.29, 1.82) is 0 Å². The van der Waals surface area contributed by atoms with Gasteiger partial charge in [0.25, 0.3) is 11.5 Å². The van der Waals surface area contributed by atoms with Gasteiger partial charge >= 0.3 is 0 Å². The molecule has 0 aliphatic carbocycles. The number of carbonyl (C=O) groups excluding carboxylic acids is 1. The minimum absolute atomic E-state index is 0.179. The van der Waals surface area contributed by atoms with E-state index < -0.39 is 6.10 Å². The van der Waals surface area contributed by atoms with E-state index >= 15 is 0 Å². The van der Waals surface area contributed by atoms with E-state index in [1.165, 1.54) is 11.8 Å². The number of carbonyl (C=O) groups is 1. The normalized spacial score (nSPS) is 17.0. The molecule has 2 heterocycles. The van der Waals surface area contributed by atoms with Crippen LogP contribution in [-0.2, 0) is 9.53 Å². The Morgan fingerprint density at radius 1 is 1.42 bits per heavy atom. The maximum Gasteiger partial charge on any atom is 0.278 e. The van der Waals surface area contributed by atoms with E-state index in [1.807, 2.05) is 6.92 Å². The van der Waals surface area contributed by atoms with Gasteiger partial charge in [-0.3, -0.25) is 14.6 Å². The third kappa shape index (κ3) is 3.65. The van der Waals surface area contributed by atoms with Crippen LogP contribution in [0.1, 0.15) is 19.8 Å². The molecule has 1 aromatic carbocycles. The van der Waals surface area contributed by atoms with Crippen LogP contribution in [0.25, 0.3) is 11.3 Å². The number of aromatic amines is 1. The van der Waals surface area contributed by atoms with Gasteiger partial charge in [0.2, 0.25) is 0 Å². The molecule has 0 spiro atoms. The summed E-state index contributed by atoms with van der Waals surface area (Å²) in [7, 11) is 0. The number of nitrogens with one attached hydrogen (secondary N) is 2. The summed E-state index contributed by atoms with van der Waals surface area (Å²) in [4.78, 5) is 27.3. The molecule has 2 aromatic rings. The minimum Gasteiger partial charge on any atom is -0.368 e. The fraction of sp³-hybridized carbons (Fsp3) is 0.375. The smallest absolute Gasteiger partial charge is 0.278 e. The van der Waals surface area contributed by atoms with Gasteiger partial charge in [-0.25, -0.2) is 0 Å².